The van der Waals surface area contributed by atoms with E-state index in [1.807, 2.05) is 45.9 Å². The predicted octanol–water partition coefficient (Wildman–Crippen LogP) is 2.84. The lowest BCUT2D eigenvalue weighted by molar-refractivity contribution is -0.134. The van der Waals surface area contributed by atoms with Gasteiger partial charge in [-0.1, -0.05) is 24.6 Å². The fourth-order valence-electron chi connectivity index (χ4n) is 2.09. The highest BCUT2D eigenvalue weighted by atomic mass is 16.5. The zero-order valence-corrected chi connectivity index (χ0v) is 9.63. The van der Waals surface area contributed by atoms with E-state index < -0.39 is 5.60 Å². The van der Waals surface area contributed by atoms with Gasteiger partial charge in [0.05, 0.1) is 0 Å². The molecule has 1 unspecified atom stereocenters. The van der Waals surface area contributed by atoms with Crippen LogP contribution in [0.2, 0.25) is 0 Å². The molecule has 1 aromatic carbocycles. The van der Waals surface area contributed by atoms with Gasteiger partial charge in [-0.15, -0.1) is 0 Å². The van der Waals surface area contributed by atoms with E-state index in [1.54, 1.807) is 0 Å². The van der Waals surface area contributed by atoms with Gasteiger partial charge in [0, 0.05) is 11.5 Å². The normalized spacial score (nSPS) is 23.2. The van der Waals surface area contributed by atoms with Crippen molar-refractivity contribution in [2.75, 3.05) is 0 Å². The Balaban J connectivity index is 2.55. The smallest absolute Gasteiger partial charge is 0.183 e. The lowest BCUT2D eigenvalue weighted by atomic mass is 9.84. The third kappa shape index (κ3) is 1.54. The van der Waals surface area contributed by atoms with Gasteiger partial charge in [0.1, 0.15) is 5.75 Å². The molecule has 0 aliphatic carbocycles. The molecule has 2 rings (SSSR count). The number of fused-ring (bicyclic) bond motifs is 1. The number of ether oxygens (including phenoxy) is 1. The second kappa shape index (κ2) is 3.09. The third-order valence-corrected chi connectivity index (χ3v) is 2.98. The maximum absolute atomic E-state index is 12.0. The van der Waals surface area contributed by atoms with Gasteiger partial charge in [-0.2, -0.15) is 0 Å². The second-order valence-corrected chi connectivity index (χ2v) is 4.74. The van der Waals surface area contributed by atoms with Crippen molar-refractivity contribution in [2.45, 2.75) is 39.2 Å². The Hall–Kier alpha value is -1.31. The fraction of sp³-hybridized carbons (Fsp3) is 0.462. The van der Waals surface area contributed by atoms with Crippen molar-refractivity contribution in [3.05, 3.63) is 29.3 Å². The summed E-state index contributed by atoms with van der Waals surface area (Å²) in [6.07, 6.45) is 0. The van der Waals surface area contributed by atoms with E-state index >= 15 is 0 Å². The van der Waals surface area contributed by atoms with Crippen LogP contribution in [0.25, 0.3) is 0 Å². The summed E-state index contributed by atoms with van der Waals surface area (Å²) >= 11 is 0. The van der Waals surface area contributed by atoms with E-state index in [9.17, 15) is 4.79 Å². The molecular formula is C13H16O2. The van der Waals surface area contributed by atoms with Crippen molar-refractivity contribution < 1.29 is 9.53 Å². The van der Waals surface area contributed by atoms with Crippen LogP contribution in [0.4, 0.5) is 0 Å². The molecule has 0 spiro atoms. The van der Waals surface area contributed by atoms with Crippen LogP contribution in [0, 0.1) is 6.92 Å². The second-order valence-electron chi connectivity index (χ2n) is 4.74. The van der Waals surface area contributed by atoms with Gasteiger partial charge in [-0.3, -0.25) is 4.79 Å². The Labute approximate surface area is 90.3 Å². The molecule has 0 saturated carbocycles. The minimum absolute atomic E-state index is 0.0661. The molecule has 0 fully saturated rings. The summed E-state index contributed by atoms with van der Waals surface area (Å²) in [6, 6.07) is 6.00. The maximum Gasteiger partial charge on any atom is 0.183 e. The summed E-state index contributed by atoms with van der Waals surface area (Å²) in [5.74, 6) is 0.932. The summed E-state index contributed by atoms with van der Waals surface area (Å²) in [4.78, 5) is 12.0. The zero-order valence-electron chi connectivity index (χ0n) is 9.63. The summed E-state index contributed by atoms with van der Waals surface area (Å²) in [5, 5.41) is 0. The zero-order chi connectivity index (χ0) is 11.2. The SMILES string of the molecule is Cc1ccc2c(c1)C(C)C(=O)C(C)(C)O2. The molecule has 80 valence electrons. The number of ketones is 1. The van der Waals surface area contributed by atoms with Crippen molar-refractivity contribution in [1.82, 2.24) is 0 Å². The number of hydrogen-bond acceptors (Lipinski definition) is 2. The summed E-state index contributed by atoms with van der Waals surface area (Å²) in [6.45, 7) is 7.63. The summed E-state index contributed by atoms with van der Waals surface area (Å²) in [5.41, 5.74) is 1.48. The lowest BCUT2D eigenvalue weighted by Gasteiger charge is -2.34. The van der Waals surface area contributed by atoms with Crippen LogP contribution >= 0.6 is 0 Å². The molecule has 1 aliphatic rings. The monoisotopic (exact) mass is 204 g/mol. The van der Waals surface area contributed by atoms with Crippen molar-refractivity contribution >= 4 is 5.78 Å². The Kier molecular flexibility index (Phi) is 2.10. The number of carbonyl (C=O) groups is 1. The molecule has 2 nitrogen and oxygen atoms in total. The molecular weight excluding hydrogens is 188 g/mol. The van der Waals surface area contributed by atoms with Gasteiger partial charge in [0.2, 0.25) is 0 Å². The molecule has 1 aromatic rings. The van der Waals surface area contributed by atoms with Crippen LogP contribution in [-0.2, 0) is 4.79 Å². The number of Topliss-reactive ketones (excluding diaryl/α,β-unsaturated/α-hetero) is 1. The first-order valence-corrected chi connectivity index (χ1v) is 5.26. The van der Waals surface area contributed by atoms with E-state index in [0.717, 1.165) is 16.9 Å². The van der Waals surface area contributed by atoms with Crippen molar-refractivity contribution in [3.8, 4) is 5.75 Å². The van der Waals surface area contributed by atoms with Crippen molar-refractivity contribution in [2.24, 2.45) is 0 Å². The van der Waals surface area contributed by atoms with Gasteiger partial charge in [0.25, 0.3) is 0 Å². The van der Waals surface area contributed by atoms with Gasteiger partial charge in [0.15, 0.2) is 11.4 Å². The standard InChI is InChI=1S/C13H16O2/c1-8-5-6-11-10(7-8)9(2)12(14)13(3,4)15-11/h5-7,9H,1-4H3. The van der Waals surface area contributed by atoms with Crippen LogP contribution in [0.1, 0.15) is 37.8 Å². The van der Waals surface area contributed by atoms with Gasteiger partial charge < -0.3 is 4.74 Å². The Morgan fingerprint density at radius 1 is 1.33 bits per heavy atom. The van der Waals surface area contributed by atoms with E-state index in [4.69, 9.17) is 4.74 Å². The number of rotatable bonds is 0. The quantitative estimate of drug-likeness (QED) is 0.649. The van der Waals surface area contributed by atoms with Crippen molar-refractivity contribution in [3.63, 3.8) is 0 Å². The number of aryl methyl sites for hydroxylation is 1. The number of hydrogen-bond donors (Lipinski definition) is 0. The average Bonchev–Trinajstić information content (AvgIpc) is 2.16. The Morgan fingerprint density at radius 2 is 2.00 bits per heavy atom. The molecule has 0 saturated heterocycles. The van der Waals surface area contributed by atoms with Crippen LogP contribution < -0.4 is 4.74 Å². The Morgan fingerprint density at radius 3 is 2.67 bits per heavy atom. The molecule has 1 aliphatic heterocycles. The minimum atomic E-state index is -0.693. The fourth-order valence-corrected chi connectivity index (χ4v) is 2.09. The van der Waals surface area contributed by atoms with E-state index in [2.05, 4.69) is 0 Å². The molecule has 0 aromatic heterocycles. The first-order valence-electron chi connectivity index (χ1n) is 5.26. The predicted molar refractivity (Wildman–Crippen MR) is 59.3 cm³/mol. The molecule has 0 radical (unpaired) electrons. The third-order valence-electron chi connectivity index (χ3n) is 2.98. The molecule has 1 atom stereocenters. The highest BCUT2D eigenvalue weighted by Gasteiger charge is 2.39. The van der Waals surface area contributed by atoms with E-state index in [0.29, 0.717) is 0 Å². The Bertz CT molecular complexity index is 419. The first-order chi connectivity index (χ1) is 6.92. The van der Waals surface area contributed by atoms with Gasteiger partial charge >= 0.3 is 0 Å². The van der Waals surface area contributed by atoms with E-state index in [1.165, 1.54) is 0 Å². The molecule has 15 heavy (non-hydrogen) atoms. The number of benzene rings is 1. The maximum atomic E-state index is 12.0. The van der Waals surface area contributed by atoms with Crippen LogP contribution in [0.15, 0.2) is 18.2 Å². The molecule has 1 heterocycles. The van der Waals surface area contributed by atoms with Gasteiger partial charge in [-0.25, -0.2) is 0 Å². The summed E-state index contributed by atoms with van der Waals surface area (Å²) < 4.78 is 5.71. The van der Waals surface area contributed by atoms with Crippen LogP contribution in [0.3, 0.4) is 0 Å². The summed E-state index contributed by atoms with van der Waals surface area (Å²) in [7, 11) is 0. The average molecular weight is 204 g/mol. The minimum Gasteiger partial charge on any atom is -0.480 e. The lowest BCUT2D eigenvalue weighted by Crippen LogP contribution is -2.44. The van der Waals surface area contributed by atoms with Crippen LogP contribution in [-0.4, -0.2) is 11.4 Å². The first kappa shape index (κ1) is 10.2. The van der Waals surface area contributed by atoms with Gasteiger partial charge in [-0.05, 0) is 26.8 Å². The van der Waals surface area contributed by atoms with Crippen LogP contribution in [0.5, 0.6) is 5.75 Å². The molecule has 0 bridgehead atoms. The number of carbonyl (C=O) groups excluding carboxylic acids is 1. The molecule has 2 heteroatoms. The highest BCUT2D eigenvalue weighted by molar-refractivity contribution is 5.94. The molecule has 0 N–H and O–H groups in total. The molecule has 0 amide bonds. The highest BCUT2D eigenvalue weighted by Crippen LogP contribution is 2.38. The largest absolute Gasteiger partial charge is 0.480 e. The van der Waals surface area contributed by atoms with Crippen molar-refractivity contribution in [1.29, 1.82) is 0 Å². The van der Waals surface area contributed by atoms with E-state index in [-0.39, 0.29) is 11.7 Å². The topological polar surface area (TPSA) is 26.3 Å².